The highest BCUT2D eigenvalue weighted by Gasteiger charge is 2.49. The van der Waals surface area contributed by atoms with Crippen LogP contribution in [0.4, 0.5) is 32.0 Å². The van der Waals surface area contributed by atoms with E-state index in [1.165, 1.54) is 14.2 Å². The van der Waals surface area contributed by atoms with Crippen molar-refractivity contribution in [3.63, 3.8) is 0 Å². The smallest absolute Gasteiger partial charge is 0.417 e. The number of methoxy groups -OCH3 is 2. The fraction of sp³-hybridized carbons (Fsp3) is 0.359. The number of pyridine rings is 1. The van der Waals surface area contributed by atoms with Crippen molar-refractivity contribution in [2.45, 2.75) is 57.2 Å². The van der Waals surface area contributed by atoms with E-state index in [4.69, 9.17) is 14.2 Å². The van der Waals surface area contributed by atoms with Gasteiger partial charge in [0.15, 0.2) is 5.82 Å². The van der Waals surface area contributed by atoms with Crippen molar-refractivity contribution in [3.8, 4) is 34.6 Å². The quantitative estimate of drug-likeness (QED) is 0.134. The van der Waals surface area contributed by atoms with E-state index >= 15 is 8.78 Å². The maximum Gasteiger partial charge on any atom is 0.417 e. The van der Waals surface area contributed by atoms with E-state index in [1.807, 2.05) is 4.90 Å². The summed E-state index contributed by atoms with van der Waals surface area (Å²) in [5, 5.41) is 10.4. The van der Waals surface area contributed by atoms with Crippen LogP contribution in [0.25, 0.3) is 22.2 Å². The van der Waals surface area contributed by atoms with E-state index in [9.17, 15) is 22.7 Å². The minimum absolute atomic E-state index is 0.0328. The van der Waals surface area contributed by atoms with Gasteiger partial charge in [0.2, 0.25) is 5.88 Å². The SMILES string of the molecule is COc1ccc(CN(Cc2ccc(OC)cc2)c2cc(-c3ncc4c(O)nc(OC[C@@]56CCCN5C[C@H](F)C6)nc4c3F)c(C(F)(F)F)c(C)c2F)cc1. The summed E-state index contributed by atoms with van der Waals surface area (Å²) in [4.78, 5) is 15.6. The zero-order chi connectivity index (χ0) is 38.4. The molecule has 0 spiro atoms. The molecule has 15 heteroatoms. The van der Waals surface area contributed by atoms with Crippen molar-refractivity contribution in [2.75, 3.05) is 38.8 Å². The molecule has 2 aliphatic heterocycles. The molecule has 9 nitrogen and oxygen atoms in total. The van der Waals surface area contributed by atoms with Crippen LogP contribution in [0.5, 0.6) is 23.4 Å². The van der Waals surface area contributed by atoms with Crippen molar-refractivity contribution >= 4 is 16.6 Å². The minimum Gasteiger partial charge on any atom is -0.497 e. The third-order valence-electron chi connectivity index (χ3n) is 10.3. The highest BCUT2D eigenvalue weighted by molar-refractivity contribution is 5.88. The lowest BCUT2D eigenvalue weighted by molar-refractivity contribution is -0.137. The van der Waals surface area contributed by atoms with Crippen LogP contribution in [0.3, 0.4) is 0 Å². The second-order valence-corrected chi connectivity index (χ2v) is 13.7. The highest BCUT2D eigenvalue weighted by atomic mass is 19.4. The highest BCUT2D eigenvalue weighted by Crippen LogP contribution is 2.45. The molecular formula is C39H37F6N5O4. The van der Waals surface area contributed by atoms with Crippen LogP contribution in [0.1, 0.15) is 41.5 Å². The fourth-order valence-electron chi connectivity index (χ4n) is 7.61. The van der Waals surface area contributed by atoms with Crippen LogP contribution in [0.2, 0.25) is 0 Å². The summed E-state index contributed by atoms with van der Waals surface area (Å²) in [7, 11) is 3.02. The van der Waals surface area contributed by atoms with Gasteiger partial charge in [0.25, 0.3) is 0 Å². The van der Waals surface area contributed by atoms with Gasteiger partial charge in [0.05, 0.1) is 36.4 Å². The second-order valence-electron chi connectivity index (χ2n) is 13.7. The van der Waals surface area contributed by atoms with E-state index in [2.05, 4.69) is 15.0 Å². The number of hydrogen-bond acceptors (Lipinski definition) is 9. The number of aromatic nitrogens is 3. The summed E-state index contributed by atoms with van der Waals surface area (Å²) in [6.07, 6.45) is -3.48. The Labute approximate surface area is 307 Å². The number of hydrogen-bond donors (Lipinski definition) is 1. The van der Waals surface area contributed by atoms with E-state index in [0.717, 1.165) is 25.6 Å². The molecule has 7 rings (SSSR count). The van der Waals surface area contributed by atoms with Crippen molar-refractivity contribution in [3.05, 3.63) is 94.7 Å². The molecule has 2 aromatic heterocycles. The standard InChI is InChI=1S/C39H37F6N5O4/c1-22-31(39(43,44)45)28(15-30(32(22)41)49(18-23-5-9-26(52-2)10-6-23)19-24-7-11-27(53-3)12-8-24)34-33(42)35-29(17-46-34)36(51)48-37(47-35)54-21-38-13-4-14-50(38)20-25(40)16-38/h5-12,15,17,25H,4,13-14,16,18-21H2,1-3H3,(H,47,48,51)/t25-,38+/m1/s1. The number of halogens is 6. The molecule has 2 fully saturated rings. The number of rotatable bonds is 11. The van der Waals surface area contributed by atoms with Gasteiger partial charge in [0, 0.05) is 37.8 Å². The van der Waals surface area contributed by atoms with E-state index in [1.54, 1.807) is 53.4 Å². The molecule has 54 heavy (non-hydrogen) atoms. The van der Waals surface area contributed by atoms with Crippen LogP contribution in [-0.4, -0.2) is 70.6 Å². The Hall–Kier alpha value is -5.31. The van der Waals surface area contributed by atoms with Crippen LogP contribution in [0, 0.1) is 18.6 Å². The molecule has 2 atom stereocenters. The first-order chi connectivity index (χ1) is 25.8. The van der Waals surface area contributed by atoms with Gasteiger partial charge in [-0.3, -0.25) is 9.88 Å². The number of benzene rings is 3. The van der Waals surface area contributed by atoms with Gasteiger partial charge in [-0.25, -0.2) is 13.2 Å². The molecule has 2 saturated heterocycles. The largest absolute Gasteiger partial charge is 0.497 e. The number of ether oxygens (including phenoxy) is 3. The molecule has 0 amide bonds. The normalized spacial score (nSPS) is 18.6. The Bertz CT molecular complexity index is 2120. The Morgan fingerprint density at radius 3 is 2.17 bits per heavy atom. The molecule has 0 aliphatic carbocycles. The Balaban J connectivity index is 1.33. The summed E-state index contributed by atoms with van der Waals surface area (Å²) >= 11 is 0. The lowest BCUT2D eigenvalue weighted by Crippen LogP contribution is -2.43. The average Bonchev–Trinajstić information content (AvgIpc) is 3.67. The van der Waals surface area contributed by atoms with Gasteiger partial charge in [-0.15, -0.1) is 0 Å². The summed E-state index contributed by atoms with van der Waals surface area (Å²) in [6.45, 7) is 2.00. The Kier molecular flexibility index (Phi) is 9.94. The monoisotopic (exact) mass is 753 g/mol. The number of anilines is 1. The topological polar surface area (TPSA) is 93.1 Å². The summed E-state index contributed by atoms with van der Waals surface area (Å²) in [6, 6.07) is 14.3. The second kappa shape index (κ2) is 14.5. The average molecular weight is 754 g/mol. The Morgan fingerprint density at radius 2 is 1.57 bits per heavy atom. The molecule has 0 saturated carbocycles. The third kappa shape index (κ3) is 7.04. The fourth-order valence-corrected chi connectivity index (χ4v) is 7.61. The molecule has 1 N–H and O–H groups in total. The maximum absolute atomic E-state index is 16.6. The van der Waals surface area contributed by atoms with Gasteiger partial charge in [0.1, 0.15) is 41.3 Å². The van der Waals surface area contributed by atoms with Crippen LogP contribution < -0.4 is 19.1 Å². The predicted molar refractivity (Wildman–Crippen MR) is 189 cm³/mol. The molecule has 3 aromatic carbocycles. The molecule has 4 heterocycles. The number of fused-ring (bicyclic) bond motifs is 2. The van der Waals surface area contributed by atoms with Crippen molar-refractivity contribution in [1.29, 1.82) is 0 Å². The zero-order valence-electron chi connectivity index (χ0n) is 29.7. The van der Waals surface area contributed by atoms with Crippen LogP contribution >= 0.6 is 0 Å². The minimum atomic E-state index is -5.12. The predicted octanol–water partition coefficient (Wildman–Crippen LogP) is 8.18. The van der Waals surface area contributed by atoms with E-state index in [-0.39, 0.29) is 43.7 Å². The van der Waals surface area contributed by atoms with E-state index in [0.29, 0.717) is 35.6 Å². The molecule has 2 aliphatic rings. The van der Waals surface area contributed by atoms with Crippen LogP contribution in [0.15, 0.2) is 60.8 Å². The van der Waals surface area contributed by atoms with Crippen LogP contribution in [-0.2, 0) is 19.3 Å². The lowest BCUT2D eigenvalue weighted by atomic mass is 9.95. The first kappa shape index (κ1) is 37.0. The molecule has 0 unspecified atom stereocenters. The van der Waals surface area contributed by atoms with Gasteiger partial charge in [-0.1, -0.05) is 24.3 Å². The van der Waals surface area contributed by atoms with Gasteiger partial charge in [-0.2, -0.15) is 23.1 Å². The molecule has 5 aromatic rings. The Morgan fingerprint density at radius 1 is 0.944 bits per heavy atom. The molecule has 0 bridgehead atoms. The summed E-state index contributed by atoms with van der Waals surface area (Å²) < 4.78 is 108. The number of alkyl halides is 4. The van der Waals surface area contributed by atoms with Gasteiger partial charge >= 0.3 is 12.2 Å². The molecular weight excluding hydrogens is 716 g/mol. The zero-order valence-corrected chi connectivity index (χ0v) is 29.7. The van der Waals surface area contributed by atoms with E-state index < -0.39 is 69.3 Å². The number of nitrogens with zero attached hydrogens (tertiary/aromatic N) is 5. The molecule has 0 radical (unpaired) electrons. The number of aromatic hydroxyl groups is 1. The maximum atomic E-state index is 16.6. The van der Waals surface area contributed by atoms with Gasteiger partial charge in [-0.05, 0) is 73.3 Å². The third-order valence-corrected chi connectivity index (χ3v) is 10.3. The lowest BCUT2D eigenvalue weighted by Gasteiger charge is -2.30. The van der Waals surface area contributed by atoms with Gasteiger partial charge < -0.3 is 24.2 Å². The summed E-state index contributed by atoms with van der Waals surface area (Å²) in [5.74, 6) is -2.01. The first-order valence-electron chi connectivity index (χ1n) is 17.3. The van der Waals surface area contributed by atoms with Crippen molar-refractivity contribution < 1.29 is 45.7 Å². The van der Waals surface area contributed by atoms with Crippen molar-refractivity contribution in [1.82, 2.24) is 19.9 Å². The summed E-state index contributed by atoms with van der Waals surface area (Å²) in [5.41, 5.74) is -3.69. The molecule has 284 valence electrons. The first-order valence-corrected chi connectivity index (χ1v) is 17.3. The van der Waals surface area contributed by atoms with Crippen molar-refractivity contribution in [2.24, 2.45) is 0 Å².